The van der Waals surface area contributed by atoms with E-state index in [0.717, 1.165) is 36.6 Å². The fourth-order valence-corrected chi connectivity index (χ4v) is 2.40. The van der Waals surface area contributed by atoms with Crippen molar-refractivity contribution in [1.82, 2.24) is 10.3 Å². The van der Waals surface area contributed by atoms with Gasteiger partial charge in [-0.1, -0.05) is 27.7 Å². The molecule has 0 aliphatic heterocycles. The number of aliphatic hydroxyl groups is 1. The molecule has 0 bridgehead atoms. The van der Waals surface area contributed by atoms with Gasteiger partial charge in [0.25, 0.3) is 0 Å². The van der Waals surface area contributed by atoms with E-state index in [2.05, 4.69) is 36.5 Å². The van der Waals surface area contributed by atoms with Crippen molar-refractivity contribution in [2.45, 2.75) is 58.6 Å². The zero-order valence-electron chi connectivity index (χ0n) is 11.3. The molecule has 1 rings (SSSR count). The third-order valence-electron chi connectivity index (χ3n) is 2.72. The van der Waals surface area contributed by atoms with E-state index in [9.17, 15) is 5.11 Å². The first-order chi connectivity index (χ1) is 7.93. The Bertz CT molecular complexity index is 330. The molecule has 1 unspecified atom stereocenters. The highest BCUT2D eigenvalue weighted by atomic mass is 32.1. The van der Waals surface area contributed by atoms with Crippen LogP contribution in [0.1, 0.15) is 51.2 Å². The van der Waals surface area contributed by atoms with Gasteiger partial charge in [-0.05, 0) is 19.4 Å². The Balaban J connectivity index is 2.31. The van der Waals surface area contributed by atoms with Gasteiger partial charge in [0.05, 0.1) is 11.8 Å². The van der Waals surface area contributed by atoms with Crippen LogP contribution in [-0.2, 0) is 12.0 Å². The van der Waals surface area contributed by atoms with Crippen LogP contribution in [0, 0.1) is 0 Å². The van der Waals surface area contributed by atoms with Crippen molar-refractivity contribution in [1.29, 1.82) is 0 Å². The highest BCUT2D eigenvalue weighted by molar-refractivity contribution is 7.09. The van der Waals surface area contributed by atoms with E-state index >= 15 is 0 Å². The second kappa shape index (κ2) is 6.47. The quantitative estimate of drug-likeness (QED) is 0.769. The first-order valence-corrected chi connectivity index (χ1v) is 7.15. The normalized spacial score (nSPS) is 13.9. The summed E-state index contributed by atoms with van der Waals surface area (Å²) in [5.41, 5.74) is 1.29. The lowest BCUT2D eigenvalue weighted by Crippen LogP contribution is -2.20. The van der Waals surface area contributed by atoms with Gasteiger partial charge in [0.15, 0.2) is 0 Å². The Morgan fingerprint density at radius 3 is 2.71 bits per heavy atom. The third-order valence-corrected chi connectivity index (χ3v) is 3.57. The number of aromatic nitrogens is 1. The molecule has 0 amide bonds. The first-order valence-electron chi connectivity index (χ1n) is 6.27. The highest BCUT2D eigenvalue weighted by Crippen LogP contribution is 2.23. The molecule has 0 saturated heterocycles. The van der Waals surface area contributed by atoms with E-state index in [1.807, 2.05) is 6.92 Å². The van der Waals surface area contributed by atoms with Gasteiger partial charge < -0.3 is 10.4 Å². The first kappa shape index (κ1) is 14.6. The van der Waals surface area contributed by atoms with Gasteiger partial charge in [-0.3, -0.25) is 0 Å². The number of nitrogens with zero attached hydrogens (tertiary/aromatic N) is 1. The molecule has 4 heteroatoms. The molecule has 1 heterocycles. The van der Waals surface area contributed by atoms with E-state index in [4.69, 9.17) is 0 Å². The molecule has 0 radical (unpaired) electrons. The number of thiazole rings is 1. The number of nitrogens with one attached hydrogen (secondary N) is 1. The predicted octanol–water partition coefficient (Wildman–Crippen LogP) is 2.69. The summed E-state index contributed by atoms with van der Waals surface area (Å²) in [6.45, 7) is 10.2. The Hall–Kier alpha value is -0.450. The smallest absolute Gasteiger partial charge is 0.107 e. The van der Waals surface area contributed by atoms with Gasteiger partial charge in [0, 0.05) is 17.3 Å². The minimum Gasteiger partial charge on any atom is -0.393 e. The SMILES string of the molecule is CCC(O)CCNCc1nc(C(C)(C)C)cs1. The fraction of sp³-hybridized carbons (Fsp3) is 0.769. The Labute approximate surface area is 108 Å². The van der Waals surface area contributed by atoms with Crippen molar-refractivity contribution in [2.75, 3.05) is 6.54 Å². The Kier molecular flexibility index (Phi) is 5.56. The zero-order valence-corrected chi connectivity index (χ0v) is 12.1. The summed E-state index contributed by atoms with van der Waals surface area (Å²) < 4.78 is 0. The summed E-state index contributed by atoms with van der Waals surface area (Å²) in [6, 6.07) is 0. The van der Waals surface area contributed by atoms with Crippen molar-refractivity contribution in [3.63, 3.8) is 0 Å². The summed E-state index contributed by atoms with van der Waals surface area (Å²) >= 11 is 1.70. The van der Waals surface area contributed by atoms with E-state index in [1.165, 1.54) is 0 Å². The molecule has 3 nitrogen and oxygen atoms in total. The van der Waals surface area contributed by atoms with E-state index in [0.29, 0.717) is 0 Å². The van der Waals surface area contributed by atoms with E-state index in [1.54, 1.807) is 11.3 Å². The largest absolute Gasteiger partial charge is 0.393 e. The molecule has 17 heavy (non-hydrogen) atoms. The zero-order chi connectivity index (χ0) is 12.9. The molecule has 1 aromatic heterocycles. The van der Waals surface area contributed by atoms with Crippen molar-refractivity contribution < 1.29 is 5.11 Å². The van der Waals surface area contributed by atoms with Gasteiger partial charge >= 0.3 is 0 Å². The number of hydrogen-bond acceptors (Lipinski definition) is 4. The Morgan fingerprint density at radius 1 is 1.47 bits per heavy atom. The fourth-order valence-electron chi connectivity index (χ4n) is 1.40. The molecule has 0 fully saturated rings. The molecule has 2 N–H and O–H groups in total. The lowest BCUT2D eigenvalue weighted by atomic mass is 9.93. The average Bonchev–Trinajstić information content (AvgIpc) is 2.72. The lowest BCUT2D eigenvalue weighted by molar-refractivity contribution is 0.159. The molecule has 98 valence electrons. The van der Waals surface area contributed by atoms with Crippen LogP contribution < -0.4 is 5.32 Å². The van der Waals surface area contributed by atoms with Crippen LogP contribution in [-0.4, -0.2) is 22.7 Å². The number of hydrogen-bond donors (Lipinski definition) is 2. The molecule has 0 aliphatic rings. The number of aliphatic hydroxyl groups excluding tert-OH is 1. The summed E-state index contributed by atoms with van der Waals surface area (Å²) in [5, 5.41) is 16.0. The van der Waals surface area contributed by atoms with Gasteiger partial charge in [0.1, 0.15) is 5.01 Å². The van der Waals surface area contributed by atoms with Crippen molar-refractivity contribution in [3.05, 3.63) is 16.1 Å². The average molecular weight is 256 g/mol. The van der Waals surface area contributed by atoms with Crippen LogP contribution in [0.15, 0.2) is 5.38 Å². The molecular formula is C13H24N2OS. The maximum absolute atomic E-state index is 9.41. The van der Waals surface area contributed by atoms with Crippen molar-refractivity contribution in [3.8, 4) is 0 Å². The van der Waals surface area contributed by atoms with Gasteiger partial charge in [-0.15, -0.1) is 11.3 Å². The topological polar surface area (TPSA) is 45.1 Å². The van der Waals surface area contributed by atoms with Crippen LogP contribution >= 0.6 is 11.3 Å². The predicted molar refractivity (Wildman–Crippen MR) is 73.4 cm³/mol. The van der Waals surface area contributed by atoms with Crippen LogP contribution in [0.4, 0.5) is 0 Å². The maximum atomic E-state index is 9.41. The molecule has 0 saturated carbocycles. The summed E-state index contributed by atoms with van der Waals surface area (Å²) in [6.07, 6.45) is 1.46. The number of rotatable bonds is 6. The van der Waals surface area contributed by atoms with Crippen LogP contribution in [0.3, 0.4) is 0 Å². The van der Waals surface area contributed by atoms with Crippen molar-refractivity contribution in [2.24, 2.45) is 0 Å². The van der Waals surface area contributed by atoms with Gasteiger partial charge in [-0.25, -0.2) is 4.98 Å². The Morgan fingerprint density at radius 2 is 2.18 bits per heavy atom. The maximum Gasteiger partial charge on any atom is 0.107 e. The molecule has 0 aromatic carbocycles. The van der Waals surface area contributed by atoms with E-state index < -0.39 is 0 Å². The van der Waals surface area contributed by atoms with Crippen LogP contribution in [0.5, 0.6) is 0 Å². The summed E-state index contributed by atoms with van der Waals surface area (Å²) in [5.74, 6) is 0. The second-order valence-corrected chi connectivity index (χ2v) is 6.35. The second-order valence-electron chi connectivity index (χ2n) is 5.40. The monoisotopic (exact) mass is 256 g/mol. The third kappa shape index (κ3) is 5.15. The van der Waals surface area contributed by atoms with Crippen LogP contribution in [0.25, 0.3) is 0 Å². The standard InChI is InChI=1S/C13H24N2OS/c1-5-10(16)6-7-14-8-12-15-11(9-17-12)13(2,3)4/h9-10,14,16H,5-8H2,1-4H3. The van der Waals surface area contributed by atoms with Gasteiger partial charge in [-0.2, -0.15) is 0 Å². The van der Waals surface area contributed by atoms with Crippen LogP contribution in [0.2, 0.25) is 0 Å². The molecule has 0 spiro atoms. The minimum atomic E-state index is -0.177. The molecule has 1 aromatic rings. The highest BCUT2D eigenvalue weighted by Gasteiger charge is 2.17. The minimum absolute atomic E-state index is 0.132. The van der Waals surface area contributed by atoms with Gasteiger partial charge in [0.2, 0.25) is 0 Å². The summed E-state index contributed by atoms with van der Waals surface area (Å²) in [7, 11) is 0. The molecule has 0 aliphatic carbocycles. The lowest BCUT2D eigenvalue weighted by Gasteiger charge is -2.14. The van der Waals surface area contributed by atoms with E-state index in [-0.39, 0.29) is 11.5 Å². The summed E-state index contributed by atoms with van der Waals surface area (Å²) in [4.78, 5) is 4.61. The molecular weight excluding hydrogens is 232 g/mol. The van der Waals surface area contributed by atoms with Crippen molar-refractivity contribution >= 4 is 11.3 Å². The molecule has 1 atom stereocenters.